The van der Waals surface area contributed by atoms with Crippen molar-refractivity contribution >= 4 is 12.3 Å². The van der Waals surface area contributed by atoms with Crippen LogP contribution >= 0.6 is 0 Å². The van der Waals surface area contributed by atoms with Gasteiger partial charge in [0.15, 0.2) is 0 Å². The molecular formula is C23H28O5. The Morgan fingerprint density at radius 1 is 1.18 bits per heavy atom. The number of ether oxygens (including phenoxy) is 1. The van der Waals surface area contributed by atoms with Crippen LogP contribution in [0.3, 0.4) is 0 Å². The molecule has 2 saturated carbocycles. The molecule has 5 atom stereocenters. The van der Waals surface area contributed by atoms with Gasteiger partial charge in [-0.05, 0) is 66.1 Å². The molecule has 0 aliphatic heterocycles. The van der Waals surface area contributed by atoms with Crippen molar-refractivity contribution in [2.75, 3.05) is 0 Å². The fourth-order valence-electron chi connectivity index (χ4n) is 6.21. The molecule has 0 spiro atoms. The maximum atomic E-state index is 12.7. The van der Waals surface area contributed by atoms with Crippen molar-refractivity contribution in [2.45, 2.75) is 53.1 Å². The summed E-state index contributed by atoms with van der Waals surface area (Å²) in [5, 5.41) is 19.6. The number of allylic oxidation sites excluding steroid dienone is 1. The van der Waals surface area contributed by atoms with Crippen LogP contribution in [-0.2, 0) is 9.53 Å². The third kappa shape index (κ3) is 2.75. The Labute approximate surface area is 165 Å². The molecule has 3 aliphatic rings. The third-order valence-electron chi connectivity index (χ3n) is 7.31. The van der Waals surface area contributed by atoms with Crippen LogP contribution in [-0.4, -0.2) is 28.6 Å². The lowest BCUT2D eigenvalue weighted by Crippen LogP contribution is -2.59. The number of benzene rings is 1. The summed E-state index contributed by atoms with van der Waals surface area (Å²) in [6.45, 7) is 8.43. The standard InChI is InChI=1S/C23H28O5/c1-12-5-15(25)7-17(26)19(12)21(27)28-18-10-23(4)16-9-22(2,3)8-13(16)6-14(11-24)20(18)23/h5-7,11,13,16,18,20,25-26H,8-10H2,1-4H3. The second-order valence-corrected chi connectivity index (χ2v) is 9.92. The molecule has 4 rings (SSSR count). The minimum atomic E-state index is -0.610. The fraction of sp³-hybridized carbons (Fsp3) is 0.565. The molecule has 3 aliphatic carbocycles. The molecule has 1 aromatic carbocycles. The van der Waals surface area contributed by atoms with Crippen LogP contribution in [0.2, 0.25) is 0 Å². The Hall–Kier alpha value is -2.30. The van der Waals surface area contributed by atoms with Crippen molar-refractivity contribution in [1.82, 2.24) is 0 Å². The van der Waals surface area contributed by atoms with E-state index in [-0.39, 0.29) is 39.9 Å². The van der Waals surface area contributed by atoms with E-state index in [1.165, 1.54) is 6.07 Å². The van der Waals surface area contributed by atoms with Gasteiger partial charge < -0.3 is 14.9 Å². The molecule has 0 heterocycles. The predicted octanol–water partition coefficient (Wildman–Crippen LogP) is 4.15. The van der Waals surface area contributed by atoms with Gasteiger partial charge in [-0.3, -0.25) is 4.79 Å². The summed E-state index contributed by atoms with van der Waals surface area (Å²) in [7, 11) is 0. The Morgan fingerprint density at radius 3 is 2.54 bits per heavy atom. The molecular weight excluding hydrogens is 356 g/mol. The van der Waals surface area contributed by atoms with Gasteiger partial charge in [-0.2, -0.15) is 0 Å². The Morgan fingerprint density at radius 2 is 1.89 bits per heavy atom. The van der Waals surface area contributed by atoms with E-state index in [2.05, 4.69) is 26.8 Å². The average molecular weight is 384 g/mol. The normalized spacial score (nSPS) is 35.2. The van der Waals surface area contributed by atoms with E-state index < -0.39 is 5.97 Å². The molecule has 28 heavy (non-hydrogen) atoms. The number of rotatable bonds is 3. The number of hydrogen-bond acceptors (Lipinski definition) is 5. The van der Waals surface area contributed by atoms with Crippen LogP contribution in [0.15, 0.2) is 23.8 Å². The number of hydrogen-bond donors (Lipinski definition) is 2. The quantitative estimate of drug-likeness (QED) is 0.604. The number of aryl methyl sites for hydroxylation is 1. The molecule has 5 unspecified atom stereocenters. The maximum Gasteiger partial charge on any atom is 0.342 e. The van der Waals surface area contributed by atoms with Crippen LogP contribution in [0, 0.1) is 35.5 Å². The van der Waals surface area contributed by atoms with Gasteiger partial charge in [0.05, 0.1) is 0 Å². The number of esters is 1. The summed E-state index contributed by atoms with van der Waals surface area (Å²) in [6.07, 6.45) is 5.60. The lowest BCUT2D eigenvalue weighted by molar-refractivity contribution is -0.136. The molecule has 1 aromatic rings. The van der Waals surface area contributed by atoms with E-state index in [1.54, 1.807) is 6.92 Å². The van der Waals surface area contributed by atoms with Gasteiger partial charge in [0.2, 0.25) is 0 Å². The first-order chi connectivity index (χ1) is 13.1. The van der Waals surface area contributed by atoms with E-state index >= 15 is 0 Å². The largest absolute Gasteiger partial charge is 0.508 e. The zero-order valence-corrected chi connectivity index (χ0v) is 16.9. The van der Waals surface area contributed by atoms with Gasteiger partial charge >= 0.3 is 5.97 Å². The van der Waals surface area contributed by atoms with Gasteiger partial charge in [0.1, 0.15) is 29.5 Å². The van der Waals surface area contributed by atoms with Gasteiger partial charge in [0, 0.05) is 12.0 Å². The first-order valence-corrected chi connectivity index (χ1v) is 9.96. The minimum absolute atomic E-state index is 0.0412. The monoisotopic (exact) mass is 384 g/mol. The van der Waals surface area contributed by atoms with Crippen LogP contribution in [0.5, 0.6) is 11.5 Å². The van der Waals surface area contributed by atoms with Gasteiger partial charge in [0.25, 0.3) is 0 Å². The highest BCUT2D eigenvalue weighted by Crippen LogP contribution is 2.66. The van der Waals surface area contributed by atoms with Crippen LogP contribution in [0.4, 0.5) is 0 Å². The van der Waals surface area contributed by atoms with Gasteiger partial charge in [-0.15, -0.1) is 0 Å². The summed E-state index contributed by atoms with van der Waals surface area (Å²) in [4.78, 5) is 24.5. The first-order valence-electron chi connectivity index (χ1n) is 9.96. The Kier molecular flexibility index (Phi) is 4.15. The highest BCUT2D eigenvalue weighted by molar-refractivity contribution is 5.94. The number of phenols is 2. The fourth-order valence-corrected chi connectivity index (χ4v) is 6.21. The summed E-state index contributed by atoms with van der Waals surface area (Å²) in [5.41, 5.74) is 1.49. The smallest absolute Gasteiger partial charge is 0.342 e. The van der Waals surface area contributed by atoms with Crippen LogP contribution in [0.25, 0.3) is 0 Å². The van der Waals surface area contributed by atoms with E-state index in [0.29, 0.717) is 17.4 Å². The van der Waals surface area contributed by atoms with Crippen molar-refractivity contribution in [2.24, 2.45) is 28.6 Å². The highest BCUT2D eigenvalue weighted by atomic mass is 16.5. The molecule has 0 radical (unpaired) electrons. The van der Waals surface area contributed by atoms with E-state index in [0.717, 1.165) is 37.2 Å². The molecule has 0 bridgehead atoms. The van der Waals surface area contributed by atoms with Gasteiger partial charge in [-0.25, -0.2) is 4.79 Å². The SMILES string of the molecule is Cc1cc(O)cc(O)c1C(=O)OC1CC2(C)C3CC(C)(C)CC3C=C(C=O)C12. The second kappa shape index (κ2) is 6.10. The average Bonchev–Trinajstić information content (AvgIpc) is 2.87. The number of fused-ring (bicyclic) bond motifs is 3. The summed E-state index contributed by atoms with van der Waals surface area (Å²) >= 11 is 0. The van der Waals surface area contributed by atoms with Crippen molar-refractivity contribution in [3.05, 3.63) is 34.9 Å². The van der Waals surface area contributed by atoms with E-state index in [4.69, 9.17) is 4.74 Å². The van der Waals surface area contributed by atoms with Crippen molar-refractivity contribution in [1.29, 1.82) is 0 Å². The third-order valence-corrected chi connectivity index (χ3v) is 7.31. The minimum Gasteiger partial charge on any atom is -0.508 e. The molecule has 0 amide bonds. The molecule has 5 nitrogen and oxygen atoms in total. The predicted molar refractivity (Wildman–Crippen MR) is 104 cm³/mol. The molecule has 0 aromatic heterocycles. The lowest BCUT2D eigenvalue weighted by atomic mass is 9.47. The number of carbonyl (C=O) groups is 2. The lowest BCUT2D eigenvalue weighted by Gasteiger charge is -2.59. The Balaban J connectivity index is 1.59. The summed E-state index contributed by atoms with van der Waals surface area (Å²) in [5.74, 6) is -0.190. The van der Waals surface area contributed by atoms with Crippen molar-refractivity contribution in [3.63, 3.8) is 0 Å². The summed E-state index contributed by atoms with van der Waals surface area (Å²) in [6, 6.07) is 2.56. The molecule has 2 N–H and O–H groups in total. The van der Waals surface area contributed by atoms with Crippen LogP contribution in [0.1, 0.15) is 56.0 Å². The van der Waals surface area contributed by atoms with E-state index in [9.17, 15) is 19.8 Å². The zero-order chi connectivity index (χ0) is 20.4. The second-order valence-electron chi connectivity index (χ2n) is 9.92. The molecule has 5 heteroatoms. The number of phenolic OH excluding ortho intramolecular Hbond substituents is 2. The van der Waals surface area contributed by atoms with Crippen molar-refractivity contribution in [3.8, 4) is 11.5 Å². The van der Waals surface area contributed by atoms with Gasteiger partial charge in [-0.1, -0.05) is 26.8 Å². The maximum absolute atomic E-state index is 12.7. The number of carbonyl (C=O) groups excluding carboxylic acids is 2. The zero-order valence-electron chi connectivity index (χ0n) is 16.9. The molecule has 150 valence electrons. The van der Waals surface area contributed by atoms with E-state index in [1.807, 2.05) is 0 Å². The molecule has 2 fully saturated rings. The number of aldehydes is 1. The number of aromatic hydroxyl groups is 2. The summed E-state index contributed by atoms with van der Waals surface area (Å²) < 4.78 is 5.76. The first kappa shape index (κ1) is 19.0. The van der Waals surface area contributed by atoms with Crippen molar-refractivity contribution < 1.29 is 24.5 Å². The molecule has 0 saturated heterocycles. The highest BCUT2D eigenvalue weighted by Gasteiger charge is 2.63. The topological polar surface area (TPSA) is 83.8 Å². The van der Waals surface area contributed by atoms with Crippen LogP contribution < -0.4 is 0 Å². The Bertz CT molecular complexity index is 860.